The molecule has 5 heteroatoms. The third-order valence-corrected chi connectivity index (χ3v) is 4.39. The Balaban J connectivity index is 2.23. The van der Waals surface area contributed by atoms with Gasteiger partial charge < -0.3 is 10.1 Å². The average Bonchev–Trinajstić information content (AvgIpc) is 2.84. The molecule has 1 heterocycles. The summed E-state index contributed by atoms with van der Waals surface area (Å²) in [7, 11) is 1.31. The highest BCUT2D eigenvalue weighted by Crippen LogP contribution is 2.22. The van der Waals surface area contributed by atoms with Crippen LogP contribution in [0.4, 0.5) is 0 Å². The quantitative estimate of drug-likeness (QED) is 0.883. The van der Waals surface area contributed by atoms with Crippen LogP contribution in [0.2, 0.25) is 0 Å². The molecule has 0 saturated heterocycles. The first-order chi connectivity index (χ1) is 10.0. The van der Waals surface area contributed by atoms with E-state index in [1.165, 1.54) is 18.4 Å². The number of nitrogens with one attached hydrogen (secondary N) is 1. The van der Waals surface area contributed by atoms with Crippen LogP contribution in [-0.4, -0.2) is 19.0 Å². The molecule has 0 aliphatic heterocycles. The van der Waals surface area contributed by atoms with Gasteiger partial charge >= 0.3 is 5.97 Å². The van der Waals surface area contributed by atoms with Crippen LogP contribution in [-0.2, 0) is 9.53 Å². The van der Waals surface area contributed by atoms with Gasteiger partial charge in [0.05, 0.1) is 12.0 Å². The summed E-state index contributed by atoms with van der Waals surface area (Å²) in [5, 5.41) is 2.74. The van der Waals surface area contributed by atoms with Gasteiger partial charge in [-0.1, -0.05) is 30.3 Å². The number of methoxy groups -OCH3 is 1. The molecule has 1 atom stereocenters. The highest BCUT2D eigenvalue weighted by molar-refractivity contribution is 7.14. The second kappa shape index (κ2) is 6.54. The van der Waals surface area contributed by atoms with Gasteiger partial charge in [-0.15, -0.1) is 11.3 Å². The lowest BCUT2D eigenvalue weighted by Gasteiger charge is -2.16. The predicted molar refractivity (Wildman–Crippen MR) is 82.5 cm³/mol. The molecule has 1 amide bonds. The molecular formula is C16H17NO3S. The second-order valence-corrected chi connectivity index (χ2v) is 5.95. The summed E-state index contributed by atoms with van der Waals surface area (Å²) in [5.41, 5.74) is 1.77. The Kier molecular flexibility index (Phi) is 4.75. The smallest absolute Gasteiger partial charge is 0.333 e. The number of thiophene rings is 1. The van der Waals surface area contributed by atoms with E-state index in [1.54, 1.807) is 12.1 Å². The Morgan fingerprint density at radius 2 is 1.86 bits per heavy atom. The lowest BCUT2D eigenvalue weighted by molar-refractivity contribution is -0.143. The molecule has 0 spiro atoms. The Morgan fingerprint density at radius 3 is 2.38 bits per heavy atom. The van der Waals surface area contributed by atoms with Crippen LogP contribution in [0.1, 0.15) is 31.7 Å². The monoisotopic (exact) mass is 303 g/mol. The third kappa shape index (κ3) is 3.49. The SMILES string of the molecule is COC(=O)C(NC(=O)c1cc(C)c(C)s1)c1ccccc1. The van der Waals surface area contributed by atoms with Gasteiger partial charge in [-0.05, 0) is 31.0 Å². The molecule has 0 bridgehead atoms. The fourth-order valence-corrected chi connectivity index (χ4v) is 2.87. The molecule has 0 saturated carbocycles. The van der Waals surface area contributed by atoms with Gasteiger partial charge in [0.25, 0.3) is 5.91 Å². The minimum absolute atomic E-state index is 0.268. The highest BCUT2D eigenvalue weighted by Gasteiger charge is 2.24. The van der Waals surface area contributed by atoms with Crippen LogP contribution in [0.5, 0.6) is 0 Å². The average molecular weight is 303 g/mol. The Bertz CT molecular complexity index is 629. The number of aryl methyl sites for hydroxylation is 2. The third-order valence-electron chi connectivity index (χ3n) is 3.23. The van der Waals surface area contributed by atoms with Crippen molar-refractivity contribution in [1.82, 2.24) is 5.32 Å². The highest BCUT2D eigenvalue weighted by atomic mass is 32.1. The number of hydrogen-bond acceptors (Lipinski definition) is 4. The van der Waals surface area contributed by atoms with Gasteiger partial charge in [-0.25, -0.2) is 4.79 Å². The molecule has 0 aliphatic carbocycles. The maximum atomic E-state index is 12.3. The van der Waals surface area contributed by atoms with Gasteiger partial charge in [-0.3, -0.25) is 4.79 Å². The summed E-state index contributed by atoms with van der Waals surface area (Å²) in [6, 6.07) is 10.1. The minimum atomic E-state index is -0.800. The minimum Gasteiger partial charge on any atom is -0.467 e. The first kappa shape index (κ1) is 15.3. The normalized spacial score (nSPS) is 11.8. The number of rotatable bonds is 4. The zero-order chi connectivity index (χ0) is 15.4. The summed E-state index contributed by atoms with van der Waals surface area (Å²) in [4.78, 5) is 25.9. The topological polar surface area (TPSA) is 55.4 Å². The van der Waals surface area contributed by atoms with Gasteiger partial charge in [0, 0.05) is 4.88 Å². The van der Waals surface area contributed by atoms with Crippen molar-refractivity contribution in [1.29, 1.82) is 0 Å². The van der Waals surface area contributed by atoms with E-state index in [2.05, 4.69) is 5.32 Å². The standard InChI is InChI=1S/C16H17NO3S/c1-10-9-13(21-11(10)2)15(18)17-14(16(19)20-3)12-7-5-4-6-8-12/h4-9,14H,1-3H3,(H,17,18). The first-order valence-electron chi connectivity index (χ1n) is 6.53. The number of carbonyl (C=O) groups is 2. The number of hydrogen-bond donors (Lipinski definition) is 1. The molecule has 2 rings (SSSR count). The zero-order valence-corrected chi connectivity index (χ0v) is 13.0. The molecule has 0 radical (unpaired) electrons. The van der Waals surface area contributed by atoms with Gasteiger partial charge in [0.15, 0.2) is 6.04 Å². The van der Waals surface area contributed by atoms with Crippen molar-refractivity contribution in [2.75, 3.05) is 7.11 Å². The Hall–Kier alpha value is -2.14. The van der Waals surface area contributed by atoms with Crippen LogP contribution in [0.15, 0.2) is 36.4 Å². The van der Waals surface area contributed by atoms with E-state index in [9.17, 15) is 9.59 Å². The van der Waals surface area contributed by atoms with Crippen molar-refractivity contribution in [2.24, 2.45) is 0 Å². The first-order valence-corrected chi connectivity index (χ1v) is 7.35. The van der Waals surface area contributed by atoms with E-state index in [0.717, 1.165) is 10.4 Å². The lowest BCUT2D eigenvalue weighted by Crippen LogP contribution is -2.34. The second-order valence-electron chi connectivity index (χ2n) is 4.69. The summed E-state index contributed by atoms with van der Waals surface area (Å²) >= 11 is 1.41. The fraction of sp³-hybridized carbons (Fsp3) is 0.250. The van der Waals surface area contributed by atoms with Crippen molar-refractivity contribution in [3.8, 4) is 0 Å². The molecule has 1 N–H and O–H groups in total. The molecule has 1 unspecified atom stereocenters. The van der Waals surface area contributed by atoms with Gasteiger partial charge in [0.2, 0.25) is 0 Å². The molecule has 2 aromatic rings. The van der Waals surface area contributed by atoms with Crippen molar-refractivity contribution in [3.63, 3.8) is 0 Å². The summed E-state index contributed by atoms with van der Waals surface area (Å²) < 4.78 is 4.78. The summed E-state index contributed by atoms with van der Waals surface area (Å²) in [5.74, 6) is -0.755. The van der Waals surface area contributed by atoms with E-state index < -0.39 is 12.0 Å². The van der Waals surface area contributed by atoms with E-state index in [1.807, 2.05) is 38.1 Å². The lowest BCUT2D eigenvalue weighted by atomic mass is 10.1. The molecule has 4 nitrogen and oxygen atoms in total. The summed E-state index contributed by atoms with van der Waals surface area (Å²) in [6.07, 6.45) is 0. The predicted octanol–water partition coefficient (Wildman–Crippen LogP) is 3.01. The Labute approximate surface area is 127 Å². The molecule has 110 valence electrons. The maximum absolute atomic E-state index is 12.3. The van der Waals surface area contributed by atoms with Crippen LogP contribution >= 0.6 is 11.3 Å². The molecule has 21 heavy (non-hydrogen) atoms. The van der Waals surface area contributed by atoms with Crippen molar-refractivity contribution >= 4 is 23.2 Å². The zero-order valence-electron chi connectivity index (χ0n) is 12.2. The molecule has 1 aromatic heterocycles. The maximum Gasteiger partial charge on any atom is 0.333 e. The molecule has 1 aromatic carbocycles. The fourth-order valence-electron chi connectivity index (χ4n) is 1.93. The number of ether oxygens (including phenoxy) is 1. The molecule has 0 aliphatic rings. The van der Waals surface area contributed by atoms with Crippen LogP contribution in [0, 0.1) is 13.8 Å². The van der Waals surface area contributed by atoms with E-state index in [0.29, 0.717) is 10.4 Å². The number of benzene rings is 1. The molecular weight excluding hydrogens is 286 g/mol. The van der Waals surface area contributed by atoms with Crippen LogP contribution in [0.3, 0.4) is 0 Å². The number of carbonyl (C=O) groups excluding carboxylic acids is 2. The van der Waals surface area contributed by atoms with Crippen molar-refractivity contribution < 1.29 is 14.3 Å². The Morgan fingerprint density at radius 1 is 1.19 bits per heavy atom. The van der Waals surface area contributed by atoms with Crippen LogP contribution < -0.4 is 5.32 Å². The van der Waals surface area contributed by atoms with Crippen LogP contribution in [0.25, 0.3) is 0 Å². The number of esters is 1. The largest absolute Gasteiger partial charge is 0.467 e. The van der Waals surface area contributed by atoms with E-state index in [4.69, 9.17) is 4.74 Å². The van der Waals surface area contributed by atoms with Gasteiger partial charge in [-0.2, -0.15) is 0 Å². The van der Waals surface area contributed by atoms with Crippen molar-refractivity contribution in [3.05, 3.63) is 57.3 Å². The number of amides is 1. The van der Waals surface area contributed by atoms with Crippen molar-refractivity contribution in [2.45, 2.75) is 19.9 Å². The summed E-state index contributed by atoms with van der Waals surface area (Å²) in [6.45, 7) is 3.92. The van der Waals surface area contributed by atoms with E-state index in [-0.39, 0.29) is 5.91 Å². The van der Waals surface area contributed by atoms with Gasteiger partial charge in [0.1, 0.15) is 0 Å². The molecule has 0 fully saturated rings. The van der Waals surface area contributed by atoms with E-state index >= 15 is 0 Å².